The molecule has 0 saturated carbocycles. The summed E-state index contributed by atoms with van der Waals surface area (Å²) in [4.78, 5) is 24.7. The predicted molar refractivity (Wildman–Crippen MR) is 118 cm³/mol. The van der Waals surface area contributed by atoms with Gasteiger partial charge in [-0.1, -0.05) is 18.2 Å². The number of rotatable bonds is 11. The van der Waals surface area contributed by atoms with E-state index in [4.69, 9.17) is 19.7 Å². The van der Waals surface area contributed by atoms with E-state index >= 15 is 0 Å². The number of carbonyl (C=O) groups excluding carboxylic acids is 1. The normalized spacial score (nSPS) is 12.6. The van der Waals surface area contributed by atoms with Crippen molar-refractivity contribution in [2.24, 2.45) is 0 Å². The number of carbonyl (C=O) groups is 1. The van der Waals surface area contributed by atoms with E-state index in [9.17, 15) is 4.79 Å². The number of hydrogen-bond donors (Lipinski definition) is 2. The summed E-state index contributed by atoms with van der Waals surface area (Å²) in [6.07, 6.45) is 3.34. The standard InChI is InChI=1S/C20H27N6O4P/c1-4-29-19(27)20(2,3)25-31(30-15-8-6-5-7-9-15)14-28-11-10-26-13-24-16-17(21)22-12-23-18(16)26/h5-9,12-13,25H,4,10-11,14H2,1-3H3,(H2,21,22,23). The van der Waals surface area contributed by atoms with Gasteiger partial charge in [0.2, 0.25) is 0 Å². The number of esters is 1. The molecule has 31 heavy (non-hydrogen) atoms. The molecule has 166 valence electrons. The summed E-state index contributed by atoms with van der Waals surface area (Å²) in [6.45, 7) is 6.53. The van der Waals surface area contributed by atoms with Gasteiger partial charge in [-0.25, -0.2) is 20.0 Å². The molecule has 0 saturated heterocycles. The monoisotopic (exact) mass is 446 g/mol. The average molecular weight is 446 g/mol. The fourth-order valence-electron chi connectivity index (χ4n) is 2.73. The van der Waals surface area contributed by atoms with Gasteiger partial charge in [-0.05, 0) is 32.9 Å². The highest BCUT2D eigenvalue weighted by Gasteiger charge is 2.33. The number of imidazole rings is 1. The lowest BCUT2D eigenvalue weighted by atomic mass is 10.1. The molecule has 0 spiro atoms. The third-order valence-electron chi connectivity index (χ3n) is 4.26. The van der Waals surface area contributed by atoms with Crippen LogP contribution in [-0.4, -0.2) is 50.6 Å². The molecule has 1 atom stereocenters. The maximum atomic E-state index is 12.3. The Labute approximate surface area is 182 Å². The Morgan fingerprint density at radius 1 is 1.23 bits per heavy atom. The van der Waals surface area contributed by atoms with Gasteiger partial charge in [0.15, 0.2) is 19.8 Å². The molecule has 2 heterocycles. The number of nitrogen functional groups attached to an aromatic ring is 1. The summed E-state index contributed by atoms with van der Waals surface area (Å²) in [5.41, 5.74) is 6.12. The van der Waals surface area contributed by atoms with Crippen LogP contribution < -0.4 is 15.3 Å². The van der Waals surface area contributed by atoms with Gasteiger partial charge in [0.25, 0.3) is 0 Å². The summed E-state index contributed by atoms with van der Waals surface area (Å²) < 4.78 is 19.0. The largest absolute Gasteiger partial charge is 0.465 e. The molecule has 3 aromatic rings. The Morgan fingerprint density at radius 2 is 2.00 bits per heavy atom. The maximum absolute atomic E-state index is 12.3. The van der Waals surface area contributed by atoms with E-state index in [1.165, 1.54) is 6.33 Å². The molecule has 0 aliphatic carbocycles. The van der Waals surface area contributed by atoms with Gasteiger partial charge in [-0.15, -0.1) is 0 Å². The molecule has 0 aliphatic heterocycles. The number of hydrogen-bond acceptors (Lipinski definition) is 9. The first kappa shape index (κ1) is 22.9. The highest BCUT2D eigenvalue weighted by atomic mass is 31.2. The van der Waals surface area contributed by atoms with Crippen molar-refractivity contribution in [1.82, 2.24) is 24.6 Å². The molecular weight excluding hydrogens is 419 g/mol. The van der Waals surface area contributed by atoms with Crippen LogP contribution in [0.1, 0.15) is 20.8 Å². The second kappa shape index (κ2) is 10.5. The lowest BCUT2D eigenvalue weighted by Crippen LogP contribution is -2.46. The third kappa shape index (κ3) is 6.10. The third-order valence-corrected chi connectivity index (χ3v) is 5.92. The van der Waals surface area contributed by atoms with Gasteiger partial charge in [0.05, 0.1) is 19.5 Å². The SMILES string of the molecule is CCOC(=O)C(C)(C)NP(COCCn1cnc2c(N)ncnc21)Oc1ccccc1. The minimum Gasteiger partial charge on any atom is -0.465 e. The van der Waals surface area contributed by atoms with Crippen LogP contribution in [0.2, 0.25) is 0 Å². The maximum Gasteiger partial charge on any atom is 0.326 e. The molecule has 10 nitrogen and oxygen atoms in total. The van der Waals surface area contributed by atoms with Crippen molar-refractivity contribution in [3.05, 3.63) is 43.0 Å². The second-order valence-corrected chi connectivity index (χ2v) is 8.57. The number of ether oxygens (including phenoxy) is 2. The number of nitrogens with two attached hydrogens (primary N) is 1. The quantitative estimate of drug-likeness (QED) is 0.260. The zero-order chi connectivity index (χ0) is 22.3. The number of nitrogens with zero attached hydrogens (tertiary/aromatic N) is 4. The molecule has 3 rings (SSSR count). The highest BCUT2D eigenvalue weighted by molar-refractivity contribution is 7.50. The number of fused-ring (bicyclic) bond motifs is 1. The van der Waals surface area contributed by atoms with Crippen molar-refractivity contribution in [2.75, 3.05) is 25.3 Å². The summed E-state index contributed by atoms with van der Waals surface area (Å²) >= 11 is 0. The van der Waals surface area contributed by atoms with Gasteiger partial charge in [-0.2, -0.15) is 0 Å². The van der Waals surface area contributed by atoms with Crippen LogP contribution in [0.4, 0.5) is 5.82 Å². The van der Waals surface area contributed by atoms with Crippen LogP contribution in [0.5, 0.6) is 5.75 Å². The van der Waals surface area contributed by atoms with Crippen molar-refractivity contribution >= 4 is 31.3 Å². The first-order valence-electron chi connectivity index (χ1n) is 9.85. The molecule has 1 aromatic carbocycles. The van der Waals surface area contributed by atoms with Crippen LogP contribution in [-0.2, 0) is 20.8 Å². The summed E-state index contributed by atoms with van der Waals surface area (Å²) in [6, 6.07) is 9.40. The van der Waals surface area contributed by atoms with Gasteiger partial charge >= 0.3 is 5.97 Å². The van der Waals surface area contributed by atoms with E-state index in [-0.39, 0.29) is 12.3 Å². The summed E-state index contributed by atoms with van der Waals surface area (Å²) in [5.74, 6) is 0.688. The molecule has 1 unspecified atom stereocenters. The first-order chi connectivity index (χ1) is 14.9. The van der Waals surface area contributed by atoms with Crippen molar-refractivity contribution < 1.29 is 18.8 Å². The number of nitrogens with one attached hydrogen (secondary N) is 1. The molecule has 2 aromatic heterocycles. The van der Waals surface area contributed by atoms with Gasteiger partial charge in [0.1, 0.15) is 29.5 Å². The molecule has 0 aliphatic rings. The molecule has 3 N–H and O–H groups in total. The summed E-state index contributed by atoms with van der Waals surface area (Å²) in [5, 5.41) is 3.24. The lowest BCUT2D eigenvalue weighted by Gasteiger charge is -2.29. The van der Waals surface area contributed by atoms with Crippen molar-refractivity contribution in [1.29, 1.82) is 0 Å². The zero-order valence-corrected chi connectivity index (χ0v) is 18.7. The number of benzene rings is 1. The Kier molecular flexibility index (Phi) is 7.73. The second-order valence-electron chi connectivity index (χ2n) is 7.15. The van der Waals surface area contributed by atoms with Crippen LogP contribution in [0.25, 0.3) is 11.2 Å². The zero-order valence-electron chi connectivity index (χ0n) is 17.8. The van der Waals surface area contributed by atoms with E-state index in [0.717, 1.165) is 0 Å². The van der Waals surface area contributed by atoms with E-state index in [1.807, 2.05) is 34.9 Å². The van der Waals surface area contributed by atoms with Crippen LogP contribution in [0.3, 0.4) is 0 Å². The molecular formula is C20H27N6O4P. The summed E-state index contributed by atoms with van der Waals surface area (Å²) in [7, 11) is -1.32. The molecule has 0 radical (unpaired) electrons. The molecule has 11 heteroatoms. The Hall–Kier alpha value is -2.81. The van der Waals surface area contributed by atoms with E-state index in [0.29, 0.717) is 42.5 Å². The molecule has 0 bridgehead atoms. The molecule has 0 fully saturated rings. The average Bonchev–Trinajstić information content (AvgIpc) is 3.16. The first-order valence-corrected chi connectivity index (χ1v) is 11.3. The van der Waals surface area contributed by atoms with Crippen LogP contribution >= 0.6 is 8.30 Å². The topological polar surface area (TPSA) is 126 Å². The number of para-hydroxylation sites is 1. The van der Waals surface area contributed by atoms with E-state index in [1.54, 1.807) is 27.1 Å². The number of aromatic nitrogens is 4. The van der Waals surface area contributed by atoms with Crippen molar-refractivity contribution in [2.45, 2.75) is 32.9 Å². The van der Waals surface area contributed by atoms with Crippen molar-refractivity contribution in [3.63, 3.8) is 0 Å². The molecule has 0 amide bonds. The Balaban J connectivity index is 1.61. The van der Waals surface area contributed by atoms with Crippen LogP contribution in [0, 0.1) is 0 Å². The van der Waals surface area contributed by atoms with Gasteiger partial charge in [-0.3, -0.25) is 4.79 Å². The van der Waals surface area contributed by atoms with E-state index in [2.05, 4.69) is 20.0 Å². The Bertz CT molecular complexity index is 998. The highest BCUT2D eigenvalue weighted by Crippen LogP contribution is 2.37. The predicted octanol–water partition coefficient (Wildman–Crippen LogP) is 2.70. The smallest absolute Gasteiger partial charge is 0.326 e. The van der Waals surface area contributed by atoms with Gasteiger partial charge in [0, 0.05) is 6.54 Å². The fraction of sp³-hybridized carbons (Fsp3) is 0.400. The fourth-order valence-corrected chi connectivity index (χ4v) is 4.28. The van der Waals surface area contributed by atoms with Gasteiger partial charge < -0.3 is 24.3 Å². The minimum atomic E-state index is -1.32. The lowest BCUT2D eigenvalue weighted by molar-refractivity contribution is -0.148. The minimum absolute atomic E-state index is 0.275. The number of anilines is 1. The van der Waals surface area contributed by atoms with Crippen molar-refractivity contribution in [3.8, 4) is 5.75 Å². The Morgan fingerprint density at radius 3 is 2.74 bits per heavy atom. The van der Waals surface area contributed by atoms with E-state index < -0.39 is 13.8 Å². The van der Waals surface area contributed by atoms with Crippen LogP contribution in [0.15, 0.2) is 43.0 Å².